The highest BCUT2D eigenvalue weighted by atomic mass is 32.2. The van der Waals surface area contributed by atoms with Crippen LogP contribution in [0, 0.1) is 0 Å². The van der Waals surface area contributed by atoms with Crippen LogP contribution in [-0.2, 0) is 17.8 Å². The van der Waals surface area contributed by atoms with Crippen molar-refractivity contribution in [3.8, 4) is 0 Å². The van der Waals surface area contributed by atoms with E-state index in [1.165, 1.54) is 12.8 Å². The quantitative estimate of drug-likeness (QED) is 0.847. The summed E-state index contributed by atoms with van der Waals surface area (Å²) in [4.78, 5) is 12.2. The highest BCUT2D eigenvalue weighted by Gasteiger charge is 2.28. The number of hydrogen-bond acceptors (Lipinski definition) is 3. The lowest BCUT2D eigenvalue weighted by Gasteiger charge is -2.20. The van der Waals surface area contributed by atoms with Gasteiger partial charge in [0, 0.05) is 17.8 Å². The van der Waals surface area contributed by atoms with E-state index >= 15 is 0 Å². The topological polar surface area (TPSA) is 55.1 Å². The summed E-state index contributed by atoms with van der Waals surface area (Å²) >= 11 is 1.97. The van der Waals surface area contributed by atoms with E-state index in [9.17, 15) is 4.79 Å². The first-order chi connectivity index (χ1) is 9.74. The molecule has 1 aromatic rings. The Hall–Kier alpha value is -1.00. The number of benzene rings is 1. The van der Waals surface area contributed by atoms with E-state index in [0.717, 1.165) is 23.3 Å². The van der Waals surface area contributed by atoms with E-state index in [1.807, 2.05) is 36.0 Å². The van der Waals surface area contributed by atoms with Gasteiger partial charge in [-0.15, -0.1) is 0 Å². The second-order valence-electron chi connectivity index (χ2n) is 5.25. The van der Waals surface area contributed by atoms with Gasteiger partial charge < -0.3 is 11.1 Å². The molecule has 20 heavy (non-hydrogen) atoms. The third-order valence-electron chi connectivity index (χ3n) is 3.87. The van der Waals surface area contributed by atoms with Gasteiger partial charge in [-0.2, -0.15) is 11.8 Å². The first-order valence-corrected chi connectivity index (χ1v) is 8.47. The van der Waals surface area contributed by atoms with Crippen molar-refractivity contribution in [1.29, 1.82) is 0 Å². The van der Waals surface area contributed by atoms with Crippen molar-refractivity contribution in [3.63, 3.8) is 0 Å². The molecule has 2 rings (SSSR count). The molecule has 0 aliphatic heterocycles. The number of thioether (sulfide) groups is 1. The lowest BCUT2D eigenvalue weighted by Crippen LogP contribution is -2.39. The normalized spacial score (nSPS) is 21.9. The number of carbonyl (C=O) groups excluding carboxylic acids is 1. The molecule has 1 aromatic carbocycles. The van der Waals surface area contributed by atoms with Crippen LogP contribution >= 0.6 is 11.8 Å². The largest absolute Gasteiger partial charge is 0.352 e. The number of rotatable bonds is 6. The minimum atomic E-state index is 0.125. The molecule has 0 heterocycles. The molecule has 2 atom stereocenters. The second kappa shape index (κ2) is 7.70. The molecule has 1 aliphatic carbocycles. The number of amides is 1. The zero-order valence-electron chi connectivity index (χ0n) is 12.1. The molecule has 110 valence electrons. The van der Waals surface area contributed by atoms with Crippen LogP contribution in [0.4, 0.5) is 0 Å². The van der Waals surface area contributed by atoms with E-state index in [1.54, 1.807) is 0 Å². The summed E-state index contributed by atoms with van der Waals surface area (Å²) in [6.07, 6.45) is 4.00. The van der Waals surface area contributed by atoms with Gasteiger partial charge in [-0.05, 0) is 29.7 Å². The van der Waals surface area contributed by atoms with E-state index in [0.29, 0.717) is 24.3 Å². The van der Waals surface area contributed by atoms with Crippen molar-refractivity contribution in [2.45, 2.75) is 50.4 Å². The Balaban J connectivity index is 1.92. The molecule has 0 bridgehead atoms. The molecule has 0 spiro atoms. The van der Waals surface area contributed by atoms with Crippen molar-refractivity contribution in [2.24, 2.45) is 5.73 Å². The molecule has 0 aromatic heterocycles. The Kier molecular flexibility index (Phi) is 5.92. The first kappa shape index (κ1) is 15.4. The zero-order valence-corrected chi connectivity index (χ0v) is 12.9. The molecule has 1 amide bonds. The third-order valence-corrected chi connectivity index (χ3v) is 5.19. The first-order valence-electron chi connectivity index (χ1n) is 7.42. The fraction of sp³-hybridized carbons (Fsp3) is 0.562. The number of hydrogen-bond donors (Lipinski definition) is 2. The fourth-order valence-electron chi connectivity index (χ4n) is 2.86. The van der Waals surface area contributed by atoms with Gasteiger partial charge in [-0.3, -0.25) is 4.79 Å². The van der Waals surface area contributed by atoms with Crippen LogP contribution in [0.5, 0.6) is 0 Å². The monoisotopic (exact) mass is 292 g/mol. The molecule has 4 heteroatoms. The smallest absolute Gasteiger partial charge is 0.224 e. The average molecular weight is 292 g/mol. The van der Waals surface area contributed by atoms with Crippen molar-refractivity contribution >= 4 is 17.7 Å². The maximum absolute atomic E-state index is 12.2. The van der Waals surface area contributed by atoms with Crippen LogP contribution in [-0.4, -0.2) is 23.0 Å². The maximum Gasteiger partial charge on any atom is 0.224 e. The molecule has 3 N–H and O–H groups in total. The van der Waals surface area contributed by atoms with Crippen LogP contribution in [0.1, 0.15) is 37.3 Å². The predicted molar refractivity (Wildman–Crippen MR) is 85.7 cm³/mol. The standard InChI is InChI=1S/C16H24N2OS/c1-2-20-15-9-5-8-14(15)18-16(19)10-12-6-3-4-7-13(12)11-17/h3-4,6-7,14-15H,2,5,8-11,17H2,1H3,(H,18,19). The van der Waals surface area contributed by atoms with Crippen LogP contribution < -0.4 is 11.1 Å². The van der Waals surface area contributed by atoms with Gasteiger partial charge in [0.1, 0.15) is 0 Å². The molecule has 1 fully saturated rings. The summed E-state index contributed by atoms with van der Waals surface area (Å²) in [5.74, 6) is 1.24. The molecular formula is C16H24N2OS. The molecule has 3 nitrogen and oxygen atoms in total. The van der Waals surface area contributed by atoms with Gasteiger partial charge in [-0.25, -0.2) is 0 Å². The van der Waals surface area contributed by atoms with Gasteiger partial charge in [0.25, 0.3) is 0 Å². The number of carbonyl (C=O) groups is 1. The summed E-state index contributed by atoms with van der Waals surface area (Å²) in [6, 6.07) is 8.27. The molecule has 0 saturated heterocycles. The van der Waals surface area contributed by atoms with E-state index in [2.05, 4.69) is 12.2 Å². The average Bonchev–Trinajstić information content (AvgIpc) is 2.87. The highest BCUT2D eigenvalue weighted by molar-refractivity contribution is 7.99. The Bertz CT molecular complexity index is 450. The van der Waals surface area contributed by atoms with Crippen LogP contribution in [0.25, 0.3) is 0 Å². The van der Waals surface area contributed by atoms with Crippen LogP contribution in [0.15, 0.2) is 24.3 Å². The number of nitrogens with one attached hydrogen (secondary N) is 1. The molecule has 2 unspecified atom stereocenters. The van der Waals surface area contributed by atoms with Gasteiger partial charge in [0.2, 0.25) is 5.91 Å². The lowest BCUT2D eigenvalue weighted by atomic mass is 10.0. The zero-order chi connectivity index (χ0) is 14.4. The fourth-order valence-corrected chi connectivity index (χ4v) is 4.06. The third kappa shape index (κ3) is 4.00. The summed E-state index contributed by atoms with van der Waals surface area (Å²) in [5, 5.41) is 3.80. The molecule has 1 aliphatic rings. The molecule has 1 saturated carbocycles. The minimum Gasteiger partial charge on any atom is -0.352 e. The summed E-state index contributed by atoms with van der Waals surface area (Å²) in [7, 11) is 0. The summed E-state index contributed by atoms with van der Waals surface area (Å²) in [6.45, 7) is 2.67. The van der Waals surface area contributed by atoms with E-state index in [-0.39, 0.29) is 5.91 Å². The summed E-state index contributed by atoms with van der Waals surface area (Å²) in [5.41, 5.74) is 7.83. The highest BCUT2D eigenvalue weighted by Crippen LogP contribution is 2.29. The number of nitrogens with two attached hydrogens (primary N) is 1. The Morgan fingerprint density at radius 3 is 2.80 bits per heavy atom. The molecular weight excluding hydrogens is 268 g/mol. The van der Waals surface area contributed by atoms with Gasteiger partial charge in [-0.1, -0.05) is 37.6 Å². The predicted octanol–water partition coefficient (Wildman–Crippen LogP) is 2.48. The van der Waals surface area contributed by atoms with E-state index in [4.69, 9.17) is 5.73 Å². The van der Waals surface area contributed by atoms with Crippen molar-refractivity contribution in [1.82, 2.24) is 5.32 Å². The Morgan fingerprint density at radius 2 is 2.10 bits per heavy atom. The van der Waals surface area contributed by atoms with Crippen LogP contribution in [0.2, 0.25) is 0 Å². The summed E-state index contributed by atoms with van der Waals surface area (Å²) < 4.78 is 0. The SMILES string of the molecule is CCSC1CCCC1NC(=O)Cc1ccccc1CN. The van der Waals surface area contributed by atoms with E-state index < -0.39 is 0 Å². The van der Waals surface area contributed by atoms with Gasteiger partial charge in [0.05, 0.1) is 6.42 Å². The van der Waals surface area contributed by atoms with Crippen molar-refractivity contribution in [3.05, 3.63) is 35.4 Å². The Morgan fingerprint density at radius 1 is 1.35 bits per heavy atom. The Labute approximate surface area is 125 Å². The van der Waals surface area contributed by atoms with Crippen molar-refractivity contribution in [2.75, 3.05) is 5.75 Å². The maximum atomic E-state index is 12.2. The second-order valence-corrected chi connectivity index (χ2v) is 6.76. The van der Waals surface area contributed by atoms with Gasteiger partial charge in [0.15, 0.2) is 0 Å². The minimum absolute atomic E-state index is 0.125. The van der Waals surface area contributed by atoms with Crippen LogP contribution in [0.3, 0.4) is 0 Å². The van der Waals surface area contributed by atoms with Gasteiger partial charge >= 0.3 is 0 Å². The van der Waals surface area contributed by atoms with Crippen molar-refractivity contribution < 1.29 is 4.79 Å². The molecule has 0 radical (unpaired) electrons. The lowest BCUT2D eigenvalue weighted by molar-refractivity contribution is -0.121.